The second kappa shape index (κ2) is 4.76. The van der Waals surface area contributed by atoms with Gasteiger partial charge in [0.25, 0.3) is 0 Å². The third-order valence-electron chi connectivity index (χ3n) is 3.11. The molecule has 0 fully saturated rings. The number of nitrogens with zero attached hydrogens (tertiary/aromatic N) is 1. The maximum atomic E-state index is 11.0. The lowest BCUT2D eigenvalue weighted by atomic mass is 10.1. The molecule has 3 aromatic rings. The van der Waals surface area contributed by atoms with Crippen molar-refractivity contribution in [2.75, 3.05) is 0 Å². The summed E-state index contributed by atoms with van der Waals surface area (Å²) in [5.41, 5.74) is 3.80. The Hall–Kier alpha value is -2.14. The Morgan fingerprint density at radius 2 is 2.05 bits per heavy atom. The van der Waals surface area contributed by atoms with Gasteiger partial charge in [0.05, 0.1) is 16.6 Å². The van der Waals surface area contributed by atoms with Gasteiger partial charge in [0, 0.05) is 10.0 Å². The molecule has 2 aromatic carbocycles. The van der Waals surface area contributed by atoms with Crippen LogP contribution >= 0.6 is 15.9 Å². The Labute approximate surface area is 123 Å². The fourth-order valence-electron chi connectivity index (χ4n) is 2.09. The number of hydrogen-bond donors (Lipinski definition) is 2. The molecule has 0 bridgehead atoms. The first-order chi connectivity index (χ1) is 9.54. The topological polar surface area (TPSA) is 66.0 Å². The fourth-order valence-corrected chi connectivity index (χ4v) is 2.53. The molecule has 0 aliphatic heterocycles. The Morgan fingerprint density at radius 1 is 1.25 bits per heavy atom. The van der Waals surface area contributed by atoms with E-state index in [1.54, 1.807) is 18.2 Å². The second-order valence-corrected chi connectivity index (χ2v) is 5.46. The molecule has 0 atom stereocenters. The molecule has 0 aliphatic rings. The van der Waals surface area contributed by atoms with Crippen LogP contribution in [0.25, 0.3) is 22.4 Å². The van der Waals surface area contributed by atoms with E-state index in [4.69, 9.17) is 5.11 Å². The van der Waals surface area contributed by atoms with Crippen LogP contribution in [0.1, 0.15) is 15.9 Å². The molecule has 4 nitrogen and oxygen atoms in total. The van der Waals surface area contributed by atoms with Crippen LogP contribution in [0.4, 0.5) is 0 Å². The zero-order valence-corrected chi connectivity index (χ0v) is 12.2. The van der Waals surface area contributed by atoms with Gasteiger partial charge < -0.3 is 10.1 Å². The molecule has 5 heteroatoms. The molecule has 0 saturated heterocycles. The van der Waals surface area contributed by atoms with Crippen molar-refractivity contribution in [1.29, 1.82) is 0 Å². The number of aromatic nitrogens is 2. The Kier molecular flexibility index (Phi) is 3.06. The highest BCUT2D eigenvalue weighted by Gasteiger charge is 2.11. The van der Waals surface area contributed by atoms with Gasteiger partial charge in [0.15, 0.2) is 0 Å². The van der Waals surface area contributed by atoms with E-state index in [9.17, 15) is 4.79 Å². The van der Waals surface area contributed by atoms with Crippen molar-refractivity contribution < 1.29 is 9.90 Å². The molecule has 0 unspecified atom stereocenters. The van der Waals surface area contributed by atoms with Gasteiger partial charge in [-0.25, -0.2) is 9.78 Å². The lowest BCUT2D eigenvalue weighted by molar-refractivity contribution is 0.0697. The molecular weight excluding hydrogens is 320 g/mol. The first-order valence-corrected chi connectivity index (χ1v) is 6.83. The number of H-pyrrole nitrogens is 1. The fraction of sp³-hybridized carbons (Fsp3) is 0.0667. The van der Waals surface area contributed by atoms with Gasteiger partial charge in [-0.2, -0.15) is 0 Å². The second-order valence-electron chi connectivity index (χ2n) is 4.61. The van der Waals surface area contributed by atoms with Crippen LogP contribution in [0.15, 0.2) is 40.9 Å². The van der Waals surface area contributed by atoms with E-state index in [1.165, 1.54) is 0 Å². The largest absolute Gasteiger partial charge is 0.478 e. The lowest BCUT2D eigenvalue weighted by Crippen LogP contribution is -1.94. The summed E-state index contributed by atoms with van der Waals surface area (Å²) in [4.78, 5) is 18.7. The van der Waals surface area contributed by atoms with Gasteiger partial charge in [-0.15, -0.1) is 0 Å². The maximum Gasteiger partial charge on any atom is 0.335 e. The number of fused-ring (bicyclic) bond motifs is 1. The van der Waals surface area contributed by atoms with Crippen molar-refractivity contribution in [2.45, 2.75) is 6.92 Å². The predicted molar refractivity (Wildman–Crippen MR) is 80.9 cm³/mol. The SMILES string of the molecule is Cc1ccc(Br)c(-c2nc3ccc(C(=O)O)cc3[nH]2)c1. The number of benzene rings is 2. The molecule has 100 valence electrons. The van der Waals surface area contributed by atoms with E-state index in [-0.39, 0.29) is 5.56 Å². The van der Waals surface area contributed by atoms with Crippen LogP contribution in [-0.2, 0) is 0 Å². The van der Waals surface area contributed by atoms with Gasteiger partial charge in [0.2, 0.25) is 0 Å². The number of carboxylic acids is 1. The van der Waals surface area contributed by atoms with Crippen molar-refractivity contribution in [2.24, 2.45) is 0 Å². The van der Waals surface area contributed by atoms with E-state index in [0.717, 1.165) is 26.9 Å². The van der Waals surface area contributed by atoms with Gasteiger partial charge in [-0.05, 0) is 37.3 Å². The van der Waals surface area contributed by atoms with Crippen molar-refractivity contribution >= 4 is 32.9 Å². The first kappa shape index (κ1) is 12.9. The van der Waals surface area contributed by atoms with Crippen LogP contribution in [0.5, 0.6) is 0 Å². The molecule has 1 aromatic heterocycles. The zero-order chi connectivity index (χ0) is 14.3. The summed E-state index contributed by atoms with van der Waals surface area (Å²) < 4.78 is 0.945. The van der Waals surface area contributed by atoms with Crippen LogP contribution in [0, 0.1) is 6.92 Å². The summed E-state index contributed by atoms with van der Waals surface area (Å²) in [5, 5.41) is 9.01. The van der Waals surface area contributed by atoms with Gasteiger partial charge in [-0.3, -0.25) is 0 Å². The lowest BCUT2D eigenvalue weighted by Gasteiger charge is -2.01. The molecule has 0 saturated carbocycles. The van der Waals surface area contributed by atoms with Gasteiger partial charge in [0.1, 0.15) is 5.82 Å². The maximum absolute atomic E-state index is 11.0. The van der Waals surface area contributed by atoms with E-state index < -0.39 is 5.97 Å². The molecule has 1 heterocycles. The van der Waals surface area contributed by atoms with Crippen molar-refractivity contribution in [3.05, 3.63) is 52.0 Å². The molecular formula is C15H11BrN2O2. The number of rotatable bonds is 2. The number of aromatic carboxylic acids is 1. The monoisotopic (exact) mass is 330 g/mol. The smallest absolute Gasteiger partial charge is 0.335 e. The highest BCUT2D eigenvalue weighted by molar-refractivity contribution is 9.10. The molecule has 0 amide bonds. The van der Waals surface area contributed by atoms with Gasteiger partial charge >= 0.3 is 5.97 Å². The first-order valence-electron chi connectivity index (χ1n) is 6.04. The Bertz CT molecular complexity index is 824. The molecule has 0 spiro atoms. The highest BCUT2D eigenvalue weighted by atomic mass is 79.9. The molecule has 2 N–H and O–H groups in total. The van der Waals surface area contributed by atoms with E-state index in [2.05, 4.69) is 25.9 Å². The normalized spacial score (nSPS) is 10.9. The number of hydrogen-bond acceptors (Lipinski definition) is 2. The number of carbonyl (C=O) groups is 1. The summed E-state index contributed by atoms with van der Waals surface area (Å²) in [6.45, 7) is 2.02. The summed E-state index contributed by atoms with van der Waals surface area (Å²) in [5.74, 6) is -0.224. The Balaban J connectivity index is 2.17. The van der Waals surface area contributed by atoms with Crippen molar-refractivity contribution in [3.63, 3.8) is 0 Å². The number of carboxylic acid groups (broad SMARTS) is 1. The predicted octanol–water partition coefficient (Wildman–Crippen LogP) is 4.00. The summed E-state index contributed by atoms with van der Waals surface area (Å²) in [7, 11) is 0. The average molecular weight is 331 g/mol. The molecule has 0 radical (unpaired) electrons. The zero-order valence-electron chi connectivity index (χ0n) is 10.6. The summed E-state index contributed by atoms with van der Waals surface area (Å²) >= 11 is 3.51. The third kappa shape index (κ3) is 2.20. The molecule has 3 rings (SSSR count). The minimum atomic E-state index is -0.945. The van der Waals surface area contributed by atoms with Crippen LogP contribution < -0.4 is 0 Å². The van der Waals surface area contributed by atoms with E-state index >= 15 is 0 Å². The van der Waals surface area contributed by atoms with Crippen LogP contribution in [0.3, 0.4) is 0 Å². The number of halogens is 1. The highest BCUT2D eigenvalue weighted by Crippen LogP contribution is 2.29. The minimum absolute atomic E-state index is 0.246. The van der Waals surface area contributed by atoms with E-state index in [1.807, 2.05) is 25.1 Å². The third-order valence-corrected chi connectivity index (χ3v) is 3.80. The van der Waals surface area contributed by atoms with Gasteiger partial charge in [-0.1, -0.05) is 27.6 Å². The molecule has 0 aliphatic carbocycles. The van der Waals surface area contributed by atoms with Crippen molar-refractivity contribution in [3.8, 4) is 11.4 Å². The summed E-state index contributed by atoms with van der Waals surface area (Å²) in [6.07, 6.45) is 0. The van der Waals surface area contributed by atoms with Crippen LogP contribution in [0.2, 0.25) is 0 Å². The van der Waals surface area contributed by atoms with Crippen molar-refractivity contribution in [1.82, 2.24) is 9.97 Å². The quantitative estimate of drug-likeness (QED) is 0.746. The number of imidazole rings is 1. The number of nitrogens with one attached hydrogen (secondary N) is 1. The minimum Gasteiger partial charge on any atom is -0.478 e. The standard InChI is InChI=1S/C15H11BrN2O2/c1-8-2-4-11(16)10(6-8)14-17-12-5-3-9(15(19)20)7-13(12)18-14/h2-7H,1H3,(H,17,18)(H,19,20). The number of aryl methyl sites for hydroxylation is 1. The van der Waals surface area contributed by atoms with Crippen LogP contribution in [-0.4, -0.2) is 21.0 Å². The Morgan fingerprint density at radius 3 is 2.80 bits per heavy atom. The summed E-state index contributed by atoms with van der Waals surface area (Å²) in [6, 6.07) is 10.9. The van der Waals surface area contributed by atoms with E-state index in [0.29, 0.717) is 5.52 Å². The number of aromatic amines is 1. The molecule has 20 heavy (non-hydrogen) atoms. The average Bonchev–Trinajstić information content (AvgIpc) is 2.83.